The number of nitriles is 1. The molecule has 1 N–H and O–H groups in total. The summed E-state index contributed by atoms with van der Waals surface area (Å²) in [5.74, 6) is 0.811. The van der Waals surface area contributed by atoms with Gasteiger partial charge in [-0.15, -0.1) is 0 Å². The minimum Gasteiger partial charge on any atom is -0.303 e. The lowest BCUT2D eigenvalue weighted by Crippen LogP contribution is -2.47. The molecular weight excluding hydrogens is 258 g/mol. The maximum Gasteiger partial charge on any atom is 0.106 e. The van der Waals surface area contributed by atoms with Crippen molar-refractivity contribution in [3.63, 3.8) is 0 Å². The molecule has 0 spiro atoms. The van der Waals surface area contributed by atoms with Crippen LogP contribution in [0.3, 0.4) is 0 Å². The molecule has 0 aliphatic heterocycles. The molecule has 1 atom stereocenters. The van der Waals surface area contributed by atoms with Gasteiger partial charge in [-0.05, 0) is 52.1 Å². The molecule has 0 aliphatic rings. The van der Waals surface area contributed by atoms with E-state index in [1.807, 2.05) is 0 Å². The highest BCUT2D eigenvalue weighted by Crippen LogP contribution is 2.18. The standard InChI is InChI=1S/C18H37N3/c1-7-17(8-2)14-21(10-4)13-11-12-18(9-3,15-19)20-16(5)6/h16-17,20H,7-14H2,1-6H3. The second kappa shape index (κ2) is 11.0. The topological polar surface area (TPSA) is 39.1 Å². The smallest absolute Gasteiger partial charge is 0.106 e. The molecule has 0 fully saturated rings. The quantitative estimate of drug-likeness (QED) is 0.586. The Labute approximate surface area is 133 Å². The minimum absolute atomic E-state index is 0.345. The third kappa shape index (κ3) is 7.83. The molecule has 0 aromatic rings. The fraction of sp³-hybridized carbons (Fsp3) is 0.944. The van der Waals surface area contributed by atoms with E-state index >= 15 is 0 Å². The van der Waals surface area contributed by atoms with E-state index in [1.165, 1.54) is 19.4 Å². The summed E-state index contributed by atoms with van der Waals surface area (Å²) in [5, 5.41) is 13.0. The summed E-state index contributed by atoms with van der Waals surface area (Å²) in [6.07, 6.45) is 5.44. The first kappa shape index (κ1) is 20.4. The van der Waals surface area contributed by atoms with Gasteiger partial charge in [-0.3, -0.25) is 5.32 Å². The van der Waals surface area contributed by atoms with E-state index in [0.717, 1.165) is 38.3 Å². The SMILES string of the molecule is CCC(CC)CN(CC)CCCC(C#N)(CC)NC(C)C. The average Bonchev–Trinajstić information content (AvgIpc) is 2.49. The van der Waals surface area contributed by atoms with Gasteiger partial charge in [0.15, 0.2) is 0 Å². The second-order valence-electron chi connectivity index (χ2n) is 6.53. The predicted molar refractivity (Wildman–Crippen MR) is 92.3 cm³/mol. The molecule has 0 radical (unpaired) electrons. The fourth-order valence-corrected chi connectivity index (χ4v) is 2.97. The molecule has 0 aliphatic carbocycles. The van der Waals surface area contributed by atoms with Gasteiger partial charge < -0.3 is 4.90 Å². The molecule has 124 valence electrons. The first-order chi connectivity index (χ1) is 9.96. The van der Waals surface area contributed by atoms with Gasteiger partial charge in [0.05, 0.1) is 6.07 Å². The minimum atomic E-state index is -0.345. The maximum atomic E-state index is 9.54. The summed E-state index contributed by atoms with van der Waals surface area (Å²) in [5.41, 5.74) is -0.345. The van der Waals surface area contributed by atoms with Crippen molar-refractivity contribution in [3.05, 3.63) is 0 Å². The molecule has 0 bridgehead atoms. The molecule has 3 nitrogen and oxygen atoms in total. The number of hydrogen-bond acceptors (Lipinski definition) is 3. The van der Waals surface area contributed by atoms with Crippen molar-refractivity contribution in [2.45, 2.75) is 85.2 Å². The Bertz CT molecular complexity index is 291. The van der Waals surface area contributed by atoms with E-state index < -0.39 is 0 Å². The van der Waals surface area contributed by atoms with Crippen molar-refractivity contribution in [1.29, 1.82) is 5.26 Å². The first-order valence-electron chi connectivity index (χ1n) is 8.88. The van der Waals surface area contributed by atoms with E-state index in [0.29, 0.717) is 6.04 Å². The zero-order valence-corrected chi connectivity index (χ0v) is 15.2. The summed E-state index contributed by atoms with van der Waals surface area (Å²) in [6, 6.07) is 2.88. The summed E-state index contributed by atoms with van der Waals surface area (Å²) in [4.78, 5) is 2.55. The molecule has 0 amide bonds. The highest BCUT2D eigenvalue weighted by molar-refractivity contribution is 5.06. The number of nitrogens with zero attached hydrogens (tertiary/aromatic N) is 2. The lowest BCUT2D eigenvalue weighted by molar-refractivity contribution is 0.219. The molecular formula is C18H37N3. The van der Waals surface area contributed by atoms with Crippen LogP contribution in [-0.4, -0.2) is 36.1 Å². The molecule has 0 aromatic heterocycles. The Hall–Kier alpha value is -0.590. The Morgan fingerprint density at radius 1 is 1.14 bits per heavy atom. The van der Waals surface area contributed by atoms with Crippen LogP contribution in [0.4, 0.5) is 0 Å². The molecule has 1 unspecified atom stereocenters. The molecule has 0 saturated carbocycles. The highest BCUT2D eigenvalue weighted by atomic mass is 15.1. The van der Waals surface area contributed by atoms with Crippen LogP contribution in [0.5, 0.6) is 0 Å². The van der Waals surface area contributed by atoms with E-state index in [2.05, 4.69) is 57.8 Å². The lowest BCUT2D eigenvalue weighted by Gasteiger charge is -2.31. The van der Waals surface area contributed by atoms with E-state index in [-0.39, 0.29) is 5.54 Å². The Kier molecular flexibility index (Phi) is 10.7. The van der Waals surface area contributed by atoms with Gasteiger partial charge in [-0.2, -0.15) is 5.26 Å². The van der Waals surface area contributed by atoms with Crippen LogP contribution in [0.2, 0.25) is 0 Å². The van der Waals surface area contributed by atoms with Crippen LogP contribution in [-0.2, 0) is 0 Å². The van der Waals surface area contributed by atoms with Crippen molar-refractivity contribution in [1.82, 2.24) is 10.2 Å². The van der Waals surface area contributed by atoms with Crippen LogP contribution in [0.15, 0.2) is 0 Å². The number of nitrogens with one attached hydrogen (secondary N) is 1. The second-order valence-corrected chi connectivity index (χ2v) is 6.53. The van der Waals surface area contributed by atoms with Crippen LogP contribution in [0.1, 0.15) is 73.6 Å². The largest absolute Gasteiger partial charge is 0.303 e. The van der Waals surface area contributed by atoms with Gasteiger partial charge in [0.1, 0.15) is 5.54 Å². The highest BCUT2D eigenvalue weighted by Gasteiger charge is 2.28. The molecule has 0 heterocycles. The van der Waals surface area contributed by atoms with Crippen LogP contribution < -0.4 is 5.32 Å². The van der Waals surface area contributed by atoms with Crippen molar-refractivity contribution < 1.29 is 0 Å². The molecule has 0 aromatic carbocycles. The molecule has 0 saturated heterocycles. The van der Waals surface area contributed by atoms with Crippen molar-refractivity contribution in [2.24, 2.45) is 5.92 Å². The van der Waals surface area contributed by atoms with E-state index in [4.69, 9.17) is 0 Å². The van der Waals surface area contributed by atoms with E-state index in [9.17, 15) is 5.26 Å². The third-order valence-electron chi connectivity index (χ3n) is 4.58. The third-order valence-corrected chi connectivity index (χ3v) is 4.58. The molecule has 21 heavy (non-hydrogen) atoms. The number of rotatable bonds is 12. The summed E-state index contributed by atoms with van der Waals surface area (Å²) < 4.78 is 0. The summed E-state index contributed by atoms with van der Waals surface area (Å²) in [6.45, 7) is 16.6. The zero-order valence-electron chi connectivity index (χ0n) is 15.2. The molecule has 0 rings (SSSR count). The summed E-state index contributed by atoms with van der Waals surface area (Å²) in [7, 11) is 0. The van der Waals surface area contributed by atoms with E-state index in [1.54, 1.807) is 0 Å². The van der Waals surface area contributed by atoms with Gasteiger partial charge in [-0.1, -0.05) is 40.5 Å². The lowest BCUT2D eigenvalue weighted by atomic mass is 9.91. The Morgan fingerprint density at radius 2 is 1.76 bits per heavy atom. The average molecular weight is 296 g/mol. The predicted octanol–water partition coefficient (Wildman–Crippen LogP) is 4.20. The van der Waals surface area contributed by atoms with Crippen LogP contribution in [0.25, 0.3) is 0 Å². The van der Waals surface area contributed by atoms with Crippen molar-refractivity contribution >= 4 is 0 Å². The fourth-order valence-electron chi connectivity index (χ4n) is 2.97. The zero-order chi connectivity index (χ0) is 16.3. The van der Waals surface area contributed by atoms with Gasteiger partial charge >= 0.3 is 0 Å². The van der Waals surface area contributed by atoms with Gasteiger partial charge in [-0.25, -0.2) is 0 Å². The normalized spacial score (nSPS) is 14.7. The first-order valence-corrected chi connectivity index (χ1v) is 8.88. The van der Waals surface area contributed by atoms with Crippen LogP contribution >= 0.6 is 0 Å². The Balaban J connectivity index is 4.37. The maximum absolute atomic E-state index is 9.54. The molecule has 3 heteroatoms. The number of hydrogen-bond donors (Lipinski definition) is 1. The van der Waals surface area contributed by atoms with Crippen molar-refractivity contribution in [3.8, 4) is 6.07 Å². The van der Waals surface area contributed by atoms with Gasteiger partial charge in [0, 0.05) is 12.6 Å². The van der Waals surface area contributed by atoms with Gasteiger partial charge in [0.2, 0.25) is 0 Å². The van der Waals surface area contributed by atoms with Crippen molar-refractivity contribution in [2.75, 3.05) is 19.6 Å². The Morgan fingerprint density at radius 3 is 2.14 bits per heavy atom. The van der Waals surface area contributed by atoms with Crippen LogP contribution in [0, 0.1) is 17.2 Å². The summed E-state index contributed by atoms with van der Waals surface area (Å²) >= 11 is 0. The van der Waals surface area contributed by atoms with Gasteiger partial charge in [0.25, 0.3) is 0 Å². The monoisotopic (exact) mass is 295 g/mol.